The number of nitrogens with zero attached hydrogens (tertiary/aromatic N) is 4. The topological polar surface area (TPSA) is 99.3 Å². The van der Waals surface area contributed by atoms with Crippen LogP contribution in [-0.2, 0) is 0 Å². The maximum Gasteiger partial charge on any atom is 0.272 e. The fraction of sp³-hybridized carbons (Fsp3) is 0. The van der Waals surface area contributed by atoms with Gasteiger partial charge in [0.05, 0.1) is 23.2 Å². The number of phenols is 1. The molecule has 0 spiro atoms. The van der Waals surface area contributed by atoms with E-state index in [1.54, 1.807) is 30.5 Å². The summed E-state index contributed by atoms with van der Waals surface area (Å²) in [7, 11) is 0. The Hall–Kier alpha value is -3.87. The number of aromatic nitrogens is 1. The van der Waals surface area contributed by atoms with Crippen molar-refractivity contribution in [2.75, 3.05) is 0 Å². The molecule has 2 aromatic carbocycles. The Kier molecular flexibility index (Phi) is 5.41. The molecule has 1 amide bonds. The predicted molar refractivity (Wildman–Crippen MR) is 98.0 cm³/mol. The van der Waals surface area contributed by atoms with Gasteiger partial charge in [0.15, 0.2) is 0 Å². The van der Waals surface area contributed by atoms with Crippen molar-refractivity contribution in [3.05, 3.63) is 84.2 Å². The second-order valence-corrected chi connectivity index (χ2v) is 5.22. The number of hydrogen-bond donors (Lipinski definition) is 2. The van der Waals surface area contributed by atoms with Crippen molar-refractivity contribution in [3.63, 3.8) is 0 Å². The normalized spacial score (nSPS) is 11.1. The number of carbonyl (C=O) groups is 1. The van der Waals surface area contributed by atoms with Crippen LogP contribution in [0.1, 0.15) is 15.9 Å². The van der Waals surface area contributed by atoms with E-state index in [-0.39, 0.29) is 5.75 Å². The number of phenolic OH excluding ortho intramolecular Hbond substituents is 1. The molecule has 0 saturated heterocycles. The van der Waals surface area contributed by atoms with Crippen molar-refractivity contribution in [1.29, 1.82) is 0 Å². The molecule has 1 aromatic heterocycles. The molecule has 0 bridgehead atoms. The summed E-state index contributed by atoms with van der Waals surface area (Å²) in [4.78, 5) is 15.8. The Morgan fingerprint density at radius 2 is 1.81 bits per heavy atom. The fourth-order valence-corrected chi connectivity index (χ4v) is 2.04. The molecular formula is C19H15N5O2. The van der Waals surface area contributed by atoms with Gasteiger partial charge in [0, 0.05) is 18.0 Å². The molecule has 3 aromatic rings. The van der Waals surface area contributed by atoms with E-state index in [9.17, 15) is 9.90 Å². The first kappa shape index (κ1) is 17.0. The van der Waals surface area contributed by atoms with E-state index < -0.39 is 5.91 Å². The van der Waals surface area contributed by atoms with E-state index in [0.717, 1.165) is 5.69 Å². The van der Waals surface area contributed by atoms with E-state index in [1.165, 1.54) is 18.5 Å². The highest BCUT2D eigenvalue weighted by molar-refractivity contribution is 5.94. The standard InChI is InChI=1S/C19H15N5O2/c25-18-9-8-17(23-22-16-6-2-1-3-7-16)11-15(18)13-21-24-19(26)14-5-4-10-20-12-14/h1-13,25H,(H,24,26). The number of pyridine rings is 1. The average molecular weight is 345 g/mol. The third-order valence-corrected chi connectivity index (χ3v) is 3.34. The maximum atomic E-state index is 11.9. The van der Waals surface area contributed by atoms with Crippen molar-refractivity contribution in [3.8, 4) is 5.75 Å². The molecule has 0 aliphatic carbocycles. The van der Waals surface area contributed by atoms with Crippen molar-refractivity contribution in [2.45, 2.75) is 0 Å². The lowest BCUT2D eigenvalue weighted by atomic mass is 10.2. The van der Waals surface area contributed by atoms with Crippen molar-refractivity contribution in [2.24, 2.45) is 15.3 Å². The third-order valence-electron chi connectivity index (χ3n) is 3.34. The number of amides is 1. The molecule has 0 aliphatic rings. The number of nitrogens with one attached hydrogen (secondary N) is 1. The zero-order chi connectivity index (χ0) is 18.2. The highest BCUT2D eigenvalue weighted by Crippen LogP contribution is 2.23. The second kappa shape index (κ2) is 8.29. The highest BCUT2D eigenvalue weighted by Gasteiger charge is 2.04. The lowest BCUT2D eigenvalue weighted by Crippen LogP contribution is -2.17. The van der Waals surface area contributed by atoms with Crippen LogP contribution >= 0.6 is 0 Å². The van der Waals surface area contributed by atoms with Crippen molar-refractivity contribution in [1.82, 2.24) is 10.4 Å². The van der Waals surface area contributed by atoms with Gasteiger partial charge < -0.3 is 5.11 Å². The fourth-order valence-electron chi connectivity index (χ4n) is 2.04. The van der Waals surface area contributed by atoms with Crippen LogP contribution in [0.25, 0.3) is 0 Å². The SMILES string of the molecule is O=C(NN=Cc1cc(N=Nc2ccccc2)ccc1O)c1cccnc1. The molecule has 0 unspecified atom stereocenters. The molecule has 128 valence electrons. The molecule has 3 rings (SSSR count). The lowest BCUT2D eigenvalue weighted by molar-refractivity contribution is 0.0954. The summed E-state index contributed by atoms with van der Waals surface area (Å²) in [6.45, 7) is 0. The number of benzene rings is 2. The smallest absolute Gasteiger partial charge is 0.272 e. The average Bonchev–Trinajstić information content (AvgIpc) is 2.69. The van der Waals surface area contributed by atoms with Crippen LogP contribution < -0.4 is 5.43 Å². The van der Waals surface area contributed by atoms with Crippen molar-refractivity contribution >= 4 is 23.5 Å². The van der Waals surface area contributed by atoms with Crippen LogP contribution in [0, 0.1) is 0 Å². The van der Waals surface area contributed by atoms with E-state index in [1.807, 2.05) is 30.3 Å². The van der Waals surface area contributed by atoms with E-state index in [2.05, 4.69) is 25.7 Å². The minimum Gasteiger partial charge on any atom is -0.507 e. The molecule has 0 radical (unpaired) electrons. The van der Waals surface area contributed by atoms with E-state index in [4.69, 9.17) is 0 Å². The molecule has 26 heavy (non-hydrogen) atoms. The number of carbonyl (C=O) groups excluding carboxylic acids is 1. The van der Waals surface area contributed by atoms with Gasteiger partial charge in [-0.2, -0.15) is 15.3 Å². The maximum absolute atomic E-state index is 11.9. The van der Waals surface area contributed by atoms with Gasteiger partial charge in [0.1, 0.15) is 5.75 Å². The molecule has 0 fully saturated rings. The van der Waals surface area contributed by atoms with Crippen LogP contribution in [0.15, 0.2) is 88.4 Å². The first-order chi connectivity index (χ1) is 12.7. The lowest BCUT2D eigenvalue weighted by Gasteiger charge is -2.01. The van der Waals surface area contributed by atoms with Crippen LogP contribution in [0.3, 0.4) is 0 Å². The summed E-state index contributed by atoms with van der Waals surface area (Å²) >= 11 is 0. The molecule has 7 heteroatoms. The number of hydrazone groups is 1. The van der Waals surface area contributed by atoms with Gasteiger partial charge >= 0.3 is 0 Å². The monoisotopic (exact) mass is 345 g/mol. The van der Waals surface area contributed by atoms with Gasteiger partial charge in [-0.3, -0.25) is 9.78 Å². The summed E-state index contributed by atoms with van der Waals surface area (Å²) in [5, 5.41) is 22.0. The Morgan fingerprint density at radius 1 is 1.00 bits per heavy atom. The molecule has 1 heterocycles. The predicted octanol–water partition coefficient (Wildman–Crippen LogP) is 3.97. The first-order valence-electron chi connectivity index (χ1n) is 7.75. The van der Waals surface area contributed by atoms with Crippen LogP contribution in [-0.4, -0.2) is 22.2 Å². The quantitative estimate of drug-likeness (QED) is 0.416. The third kappa shape index (κ3) is 4.57. The van der Waals surface area contributed by atoms with Crippen molar-refractivity contribution < 1.29 is 9.90 Å². The number of hydrogen-bond acceptors (Lipinski definition) is 6. The second-order valence-electron chi connectivity index (χ2n) is 5.22. The minimum atomic E-state index is -0.395. The first-order valence-corrected chi connectivity index (χ1v) is 7.75. The van der Waals surface area contributed by atoms with Crippen LogP contribution in [0.5, 0.6) is 5.75 Å². The Labute approximate surface area is 149 Å². The van der Waals surface area contributed by atoms with Gasteiger partial charge in [-0.05, 0) is 42.5 Å². The van der Waals surface area contributed by atoms with Gasteiger partial charge in [0.25, 0.3) is 5.91 Å². The van der Waals surface area contributed by atoms with Gasteiger partial charge in [0.2, 0.25) is 0 Å². The highest BCUT2D eigenvalue weighted by atomic mass is 16.3. The molecule has 0 atom stereocenters. The molecular weight excluding hydrogens is 330 g/mol. The van der Waals surface area contributed by atoms with E-state index >= 15 is 0 Å². The number of azo groups is 1. The summed E-state index contributed by atoms with van der Waals surface area (Å²) in [5.41, 5.74) is 4.44. The molecule has 0 aliphatic heterocycles. The van der Waals surface area contributed by atoms with Gasteiger partial charge in [-0.1, -0.05) is 18.2 Å². The molecule has 2 N–H and O–H groups in total. The van der Waals surface area contributed by atoms with Crippen LogP contribution in [0.2, 0.25) is 0 Å². The summed E-state index contributed by atoms with van der Waals surface area (Å²) in [5.74, 6) is -0.378. The largest absolute Gasteiger partial charge is 0.507 e. The Morgan fingerprint density at radius 3 is 2.58 bits per heavy atom. The zero-order valence-corrected chi connectivity index (χ0v) is 13.6. The van der Waals surface area contributed by atoms with Crippen LogP contribution in [0.4, 0.5) is 11.4 Å². The van der Waals surface area contributed by atoms with Gasteiger partial charge in [-0.15, -0.1) is 0 Å². The minimum absolute atomic E-state index is 0.0167. The Balaban J connectivity index is 1.69. The molecule has 7 nitrogen and oxygen atoms in total. The Bertz CT molecular complexity index is 941. The summed E-state index contributed by atoms with van der Waals surface area (Å²) < 4.78 is 0. The summed E-state index contributed by atoms with van der Waals surface area (Å²) in [6.07, 6.45) is 4.35. The number of rotatable bonds is 5. The van der Waals surface area contributed by atoms with E-state index in [0.29, 0.717) is 16.8 Å². The van der Waals surface area contributed by atoms with Gasteiger partial charge in [-0.25, -0.2) is 5.43 Å². The zero-order valence-electron chi connectivity index (χ0n) is 13.6. The number of aromatic hydroxyl groups is 1. The molecule has 0 saturated carbocycles. The summed E-state index contributed by atoms with van der Waals surface area (Å²) in [6, 6.07) is 17.3.